The average molecular weight is 806 g/mol. The Kier molecular flexibility index (Phi) is 7.02. The molecular formula is C57H31N3O3. The number of aromatic nitrogens is 3. The topological polar surface area (TPSA) is 78.1 Å². The SMILES string of the molecule is c1ccc2c(c1)oc1ccc(-c3ccc4oc5cccc(-c6nc(-c7cccc8oc9ccccc9c78)nc(-c7cccc8c9ccccc9c9ccccc9c78)n6)c5c4c3)cc12. The molecule has 292 valence electrons. The van der Waals surface area contributed by atoms with Crippen molar-refractivity contribution in [3.05, 3.63) is 188 Å². The minimum Gasteiger partial charge on any atom is -0.456 e. The standard InChI is InChI=1S/C57H31N3O3/c1-2-13-36-34(12-1)35-14-3-4-16-38(35)52-39(36)18-9-19-41(52)55-58-56(42-20-10-24-50-53(42)40-17-6-8-23-47(40)62-50)60-57(59-55)43-21-11-25-51-54(43)45-31-33(27-29-49(45)63-51)32-26-28-48-44(30-32)37-15-5-7-22-46(37)61-48/h1-31H. The number of hydrogen-bond donors (Lipinski definition) is 0. The van der Waals surface area contributed by atoms with Crippen molar-refractivity contribution in [2.24, 2.45) is 0 Å². The average Bonchev–Trinajstić information content (AvgIpc) is 4.04. The quantitative estimate of drug-likeness (QED) is 0.165. The summed E-state index contributed by atoms with van der Waals surface area (Å²) in [4.78, 5) is 16.2. The highest BCUT2D eigenvalue weighted by atomic mass is 16.3. The highest BCUT2D eigenvalue weighted by Crippen LogP contribution is 2.43. The molecule has 0 spiro atoms. The molecule has 0 N–H and O–H groups in total. The molecule has 10 aromatic carbocycles. The van der Waals surface area contributed by atoms with Crippen molar-refractivity contribution < 1.29 is 13.3 Å². The summed E-state index contributed by atoms with van der Waals surface area (Å²) in [7, 11) is 0. The lowest BCUT2D eigenvalue weighted by Crippen LogP contribution is -2.01. The van der Waals surface area contributed by atoms with Gasteiger partial charge in [-0.1, -0.05) is 140 Å². The zero-order valence-corrected chi connectivity index (χ0v) is 33.5. The fraction of sp³-hybridized carbons (Fsp3) is 0. The van der Waals surface area contributed by atoms with Gasteiger partial charge in [-0.2, -0.15) is 0 Å². The maximum absolute atomic E-state index is 6.59. The predicted molar refractivity (Wildman–Crippen MR) is 256 cm³/mol. The zero-order chi connectivity index (χ0) is 41.2. The van der Waals surface area contributed by atoms with E-state index in [2.05, 4.69) is 133 Å². The first kappa shape index (κ1) is 34.1. The van der Waals surface area contributed by atoms with Crippen LogP contribution >= 0.6 is 0 Å². The van der Waals surface area contributed by atoms with Gasteiger partial charge < -0.3 is 13.3 Å². The zero-order valence-electron chi connectivity index (χ0n) is 33.5. The van der Waals surface area contributed by atoms with Crippen LogP contribution in [0.1, 0.15) is 0 Å². The van der Waals surface area contributed by atoms with Crippen molar-refractivity contribution in [3.63, 3.8) is 0 Å². The van der Waals surface area contributed by atoms with Gasteiger partial charge >= 0.3 is 0 Å². The van der Waals surface area contributed by atoms with Gasteiger partial charge in [0.1, 0.15) is 33.5 Å². The number of benzene rings is 10. The van der Waals surface area contributed by atoms with Crippen LogP contribution in [0.2, 0.25) is 0 Å². The van der Waals surface area contributed by atoms with E-state index >= 15 is 0 Å². The molecule has 6 nitrogen and oxygen atoms in total. The molecule has 0 saturated carbocycles. The van der Waals surface area contributed by atoms with E-state index in [0.717, 1.165) is 110 Å². The van der Waals surface area contributed by atoms with Gasteiger partial charge in [-0.05, 0) is 86.6 Å². The molecule has 6 heteroatoms. The van der Waals surface area contributed by atoms with Crippen LogP contribution in [0.5, 0.6) is 0 Å². The second kappa shape index (κ2) is 12.9. The lowest BCUT2D eigenvalue weighted by atomic mass is 9.91. The Labute approximate surface area is 358 Å². The lowest BCUT2D eigenvalue weighted by molar-refractivity contribution is 0.668. The molecule has 0 aliphatic heterocycles. The van der Waals surface area contributed by atoms with Crippen molar-refractivity contribution in [1.29, 1.82) is 0 Å². The van der Waals surface area contributed by atoms with Gasteiger partial charge in [-0.25, -0.2) is 15.0 Å². The van der Waals surface area contributed by atoms with Crippen LogP contribution in [0.4, 0.5) is 0 Å². The van der Waals surface area contributed by atoms with Gasteiger partial charge in [-0.3, -0.25) is 0 Å². The van der Waals surface area contributed by atoms with Gasteiger partial charge in [-0.15, -0.1) is 0 Å². The molecule has 4 heterocycles. The number of fused-ring (bicyclic) bond motifs is 15. The molecule has 63 heavy (non-hydrogen) atoms. The van der Waals surface area contributed by atoms with Crippen molar-refractivity contribution in [2.75, 3.05) is 0 Å². The molecule has 0 bridgehead atoms. The third-order valence-corrected chi connectivity index (χ3v) is 12.7. The molecule has 14 aromatic rings. The van der Waals surface area contributed by atoms with E-state index in [-0.39, 0.29) is 0 Å². The summed E-state index contributed by atoms with van der Waals surface area (Å²) in [5.41, 5.74) is 9.67. The maximum Gasteiger partial charge on any atom is 0.164 e. The fourth-order valence-electron chi connectivity index (χ4n) is 9.94. The molecule has 0 amide bonds. The number of hydrogen-bond acceptors (Lipinski definition) is 6. The van der Waals surface area contributed by atoms with Crippen molar-refractivity contribution in [3.8, 4) is 45.3 Å². The van der Waals surface area contributed by atoms with Gasteiger partial charge in [0, 0.05) is 54.4 Å². The van der Waals surface area contributed by atoms with E-state index < -0.39 is 0 Å². The van der Waals surface area contributed by atoms with Crippen LogP contribution in [0.15, 0.2) is 201 Å². The predicted octanol–water partition coefficient (Wildman–Crippen LogP) is 15.7. The van der Waals surface area contributed by atoms with Crippen LogP contribution in [0.25, 0.3) is 143 Å². The van der Waals surface area contributed by atoms with Crippen LogP contribution < -0.4 is 0 Å². The molecule has 0 atom stereocenters. The molecule has 0 saturated heterocycles. The second-order valence-corrected chi connectivity index (χ2v) is 16.2. The maximum atomic E-state index is 6.59. The Morgan fingerprint density at radius 1 is 0.238 bits per heavy atom. The minimum atomic E-state index is 0.548. The molecule has 0 fully saturated rings. The van der Waals surface area contributed by atoms with Crippen molar-refractivity contribution >= 4 is 98.1 Å². The summed E-state index contributed by atoms with van der Waals surface area (Å²) in [5, 5.41) is 13.0. The molecule has 0 aliphatic carbocycles. The smallest absolute Gasteiger partial charge is 0.164 e. The first-order valence-corrected chi connectivity index (χ1v) is 21.1. The summed E-state index contributed by atoms with van der Waals surface area (Å²) in [5.74, 6) is 1.68. The molecule has 4 aromatic heterocycles. The molecular weight excluding hydrogens is 775 g/mol. The Bertz CT molecular complexity index is 4190. The van der Waals surface area contributed by atoms with Crippen molar-refractivity contribution in [2.45, 2.75) is 0 Å². The summed E-state index contributed by atoms with van der Waals surface area (Å²) >= 11 is 0. The van der Waals surface area contributed by atoms with Crippen LogP contribution in [-0.4, -0.2) is 15.0 Å². The van der Waals surface area contributed by atoms with E-state index in [1.807, 2.05) is 54.6 Å². The highest BCUT2D eigenvalue weighted by molar-refractivity contribution is 6.28. The third kappa shape index (κ3) is 5.03. The Balaban J connectivity index is 1.05. The molecule has 0 aliphatic rings. The van der Waals surface area contributed by atoms with Crippen LogP contribution in [-0.2, 0) is 0 Å². The normalized spacial score (nSPS) is 12.1. The fourth-order valence-corrected chi connectivity index (χ4v) is 9.94. The Morgan fingerprint density at radius 2 is 0.603 bits per heavy atom. The van der Waals surface area contributed by atoms with E-state index in [0.29, 0.717) is 17.5 Å². The van der Waals surface area contributed by atoms with Crippen molar-refractivity contribution in [1.82, 2.24) is 15.0 Å². The van der Waals surface area contributed by atoms with E-state index in [9.17, 15) is 0 Å². The minimum absolute atomic E-state index is 0.548. The van der Waals surface area contributed by atoms with E-state index in [1.54, 1.807) is 0 Å². The summed E-state index contributed by atoms with van der Waals surface area (Å²) in [6.07, 6.45) is 0. The summed E-state index contributed by atoms with van der Waals surface area (Å²) < 4.78 is 19.2. The van der Waals surface area contributed by atoms with Gasteiger partial charge in [0.15, 0.2) is 17.5 Å². The first-order chi connectivity index (χ1) is 31.2. The Hall–Kier alpha value is -8.61. The third-order valence-electron chi connectivity index (χ3n) is 12.7. The van der Waals surface area contributed by atoms with E-state index in [1.165, 1.54) is 16.2 Å². The molecule has 0 radical (unpaired) electrons. The first-order valence-electron chi connectivity index (χ1n) is 21.1. The number of para-hydroxylation sites is 2. The number of furan rings is 3. The summed E-state index contributed by atoms with van der Waals surface area (Å²) in [6, 6.07) is 65.1. The number of rotatable bonds is 4. The Morgan fingerprint density at radius 3 is 1.21 bits per heavy atom. The lowest BCUT2D eigenvalue weighted by Gasteiger charge is -2.15. The van der Waals surface area contributed by atoms with E-state index in [4.69, 9.17) is 28.2 Å². The molecule has 0 unspecified atom stereocenters. The second-order valence-electron chi connectivity index (χ2n) is 16.2. The van der Waals surface area contributed by atoms with Crippen LogP contribution in [0.3, 0.4) is 0 Å². The molecule has 14 rings (SSSR count). The van der Waals surface area contributed by atoms with Crippen LogP contribution in [0, 0.1) is 0 Å². The summed E-state index contributed by atoms with van der Waals surface area (Å²) in [6.45, 7) is 0. The van der Waals surface area contributed by atoms with Gasteiger partial charge in [0.25, 0.3) is 0 Å². The highest BCUT2D eigenvalue weighted by Gasteiger charge is 2.23. The van der Waals surface area contributed by atoms with Gasteiger partial charge in [0.2, 0.25) is 0 Å². The monoisotopic (exact) mass is 805 g/mol. The number of nitrogens with zero attached hydrogens (tertiary/aromatic N) is 3. The largest absolute Gasteiger partial charge is 0.456 e. The van der Waals surface area contributed by atoms with Gasteiger partial charge in [0.05, 0.1) is 0 Å².